The SMILES string of the molecule is CC1CCN(CC(CS)C(C)(C)C)C1CO. The number of likely N-dealkylation sites (tertiary alicyclic amines) is 1. The van der Waals surface area contributed by atoms with Crippen LogP contribution in [0.1, 0.15) is 34.1 Å². The van der Waals surface area contributed by atoms with Crippen LogP contribution in [0.2, 0.25) is 0 Å². The summed E-state index contributed by atoms with van der Waals surface area (Å²) >= 11 is 4.47. The molecule has 0 aromatic carbocycles. The Balaban J connectivity index is 2.59. The van der Waals surface area contributed by atoms with Gasteiger partial charge in [0.2, 0.25) is 0 Å². The van der Waals surface area contributed by atoms with E-state index in [9.17, 15) is 5.11 Å². The highest BCUT2D eigenvalue weighted by molar-refractivity contribution is 7.80. The maximum Gasteiger partial charge on any atom is 0.0589 e. The highest BCUT2D eigenvalue weighted by Gasteiger charge is 2.34. The Bertz CT molecular complexity index is 214. The van der Waals surface area contributed by atoms with Gasteiger partial charge in [-0.25, -0.2) is 0 Å². The highest BCUT2D eigenvalue weighted by Crippen LogP contribution is 2.31. The molecule has 3 heteroatoms. The molecule has 16 heavy (non-hydrogen) atoms. The van der Waals surface area contributed by atoms with E-state index in [0.717, 1.165) is 18.8 Å². The van der Waals surface area contributed by atoms with Crippen LogP contribution in [0, 0.1) is 17.3 Å². The van der Waals surface area contributed by atoms with Gasteiger partial charge in [0.05, 0.1) is 6.61 Å². The molecule has 1 heterocycles. The summed E-state index contributed by atoms with van der Waals surface area (Å²) in [7, 11) is 0. The van der Waals surface area contributed by atoms with Gasteiger partial charge in [-0.2, -0.15) is 12.6 Å². The fourth-order valence-corrected chi connectivity index (χ4v) is 3.16. The maximum atomic E-state index is 9.43. The Labute approximate surface area is 106 Å². The molecule has 1 fully saturated rings. The normalized spacial score (nSPS) is 29.6. The molecule has 0 bridgehead atoms. The third-order valence-electron chi connectivity index (χ3n) is 4.08. The van der Waals surface area contributed by atoms with E-state index in [1.165, 1.54) is 6.42 Å². The van der Waals surface area contributed by atoms with Crippen molar-refractivity contribution >= 4 is 12.6 Å². The number of hydrogen-bond acceptors (Lipinski definition) is 3. The van der Waals surface area contributed by atoms with Crippen molar-refractivity contribution in [1.29, 1.82) is 0 Å². The van der Waals surface area contributed by atoms with Crippen LogP contribution in [0.15, 0.2) is 0 Å². The minimum absolute atomic E-state index is 0.296. The van der Waals surface area contributed by atoms with Gasteiger partial charge in [-0.05, 0) is 36.0 Å². The second kappa shape index (κ2) is 5.74. The fraction of sp³-hybridized carbons (Fsp3) is 1.00. The zero-order valence-electron chi connectivity index (χ0n) is 11.1. The smallest absolute Gasteiger partial charge is 0.0589 e. The van der Waals surface area contributed by atoms with Gasteiger partial charge in [0.25, 0.3) is 0 Å². The van der Waals surface area contributed by atoms with Gasteiger partial charge in [0, 0.05) is 12.6 Å². The van der Waals surface area contributed by atoms with Gasteiger partial charge in [-0.3, -0.25) is 4.90 Å². The van der Waals surface area contributed by atoms with E-state index in [-0.39, 0.29) is 0 Å². The van der Waals surface area contributed by atoms with Crippen molar-refractivity contribution in [2.75, 3.05) is 25.4 Å². The van der Waals surface area contributed by atoms with Crippen LogP contribution in [0.25, 0.3) is 0 Å². The van der Waals surface area contributed by atoms with E-state index in [4.69, 9.17) is 0 Å². The molecule has 1 rings (SSSR count). The summed E-state index contributed by atoms with van der Waals surface area (Å²) in [6, 6.07) is 0.365. The van der Waals surface area contributed by atoms with Crippen LogP contribution in [0.3, 0.4) is 0 Å². The average Bonchev–Trinajstić information content (AvgIpc) is 2.53. The van der Waals surface area contributed by atoms with Crippen molar-refractivity contribution in [2.24, 2.45) is 17.3 Å². The van der Waals surface area contributed by atoms with Crippen molar-refractivity contribution in [2.45, 2.75) is 40.2 Å². The predicted octanol–water partition coefficient (Wildman–Crippen LogP) is 2.28. The van der Waals surface area contributed by atoms with Crippen LogP contribution in [-0.4, -0.2) is 41.5 Å². The molecule has 1 aliphatic heterocycles. The Morgan fingerprint density at radius 1 is 1.44 bits per heavy atom. The third-order valence-corrected chi connectivity index (χ3v) is 4.53. The van der Waals surface area contributed by atoms with E-state index in [0.29, 0.717) is 29.9 Å². The number of rotatable bonds is 4. The lowest BCUT2D eigenvalue weighted by Crippen LogP contribution is -2.42. The molecule has 3 unspecified atom stereocenters. The summed E-state index contributed by atoms with van der Waals surface area (Å²) < 4.78 is 0. The zero-order chi connectivity index (χ0) is 12.3. The van der Waals surface area contributed by atoms with Gasteiger partial charge in [-0.15, -0.1) is 0 Å². The molecule has 0 radical (unpaired) electrons. The van der Waals surface area contributed by atoms with Crippen LogP contribution >= 0.6 is 12.6 Å². The molecule has 96 valence electrons. The van der Waals surface area contributed by atoms with Crippen molar-refractivity contribution in [3.8, 4) is 0 Å². The lowest BCUT2D eigenvalue weighted by Gasteiger charge is -2.35. The van der Waals surface area contributed by atoms with E-state index in [1.807, 2.05) is 0 Å². The average molecular weight is 245 g/mol. The van der Waals surface area contributed by atoms with Crippen molar-refractivity contribution in [1.82, 2.24) is 4.90 Å². The predicted molar refractivity (Wildman–Crippen MR) is 73.0 cm³/mol. The molecule has 0 aliphatic carbocycles. The summed E-state index contributed by atoms with van der Waals surface area (Å²) in [5, 5.41) is 9.43. The number of thiol groups is 1. The molecule has 3 atom stereocenters. The number of nitrogens with zero attached hydrogens (tertiary/aromatic N) is 1. The zero-order valence-corrected chi connectivity index (χ0v) is 12.0. The molecule has 0 aromatic rings. The molecule has 1 N–H and O–H groups in total. The summed E-state index contributed by atoms with van der Waals surface area (Å²) in [6.07, 6.45) is 1.22. The Hall–Kier alpha value is 0.270. The van der Waals surface area contributed by atoms with Crippen LogP contribution < -0.4 is 0 Å². The molecule has 0 aromatic heterocycles. The van der Waals surface area contributed by atoms with Crippen molar-refractivity contribution in [3.05, 3.63) is 0 Å². The van der Waals surface area contributed by atoms with Gasteiger partial charge in [-0.1, -0.05) is 27.7 Å². The van der Waals surface area contributed by atoms with Crippen LogP contribution in [-0.2, 0) is 0 Å². The maximum absolute atomic E-state index is 9.43. The quantitative estimate of drug-likeness (QED) is 0.742. The molecular weight excluding hydrogens is 218 g/mol. The van der Waals surface area contributed by atoms with E-state index in [2.05, 4.69) is 45.2 Å². The summed E-state index contributed by atoms with van der Waals surface area (Å²) in [5.41, 5.74) is 0.299. The standard InChI is InChI=1S/C13H27NOS/c1-10-5-6-14(12(10)8-15)7-11(9-16)13(2,3)4/h10-12,15-16H,5-9H2,1-4H3. The molecule has 2 nitrogen and oxygen atoms in total. The first-order valence-electron chi connectivity index (χ1n) is 6.36. The van der Waals surface area contributed by atoms with Gasteiger partial charge in [0.15, 0.2) is 0 Å². The molecule has 1 saturated heterocycles. The van der Waals surface area contributed by atoms with E-state index in [1.54, 1.807) is 0 Å². The van der Waals surface area contributed by atoms with Gasteiger partial charge in [0.1, 0.15) is 0 Å². The number of hydrogen-bond donors (Lipinski definition) is 2. The van der Waals surface area contributed by atoms with E-state index < -0.39 is 0 Å². The lowest BCUT2D eigenvalue weighted by atomic mass is 9.81. The minimum Gasteiger partial charge on any atom is -0.395 e. The topological polar surface area (TPSA) is 23.5 Å². The van der Waals surface area contributed by atoms with Crippen LogP contribution in [0.5, 0.6) is 0 Å². The fourth-order valence-electron chi connectivity index (χ4n) is 2.50. The monoisotopic (exact) mass is 245 g/mol. The summed E-state index contributed by atoms with van der Waals surface area (Å²) in [5.74, 6) is 2.15. The minimum atomic E-state index is 0.296. The largest absolute Gasteiger partial charge is 0.395 e. The molecule has 0 amide bonds. The second-order valence-electron chi connectivity index (χ2n) is 6.26. The number of aliphatic hydroxyl groups is 1. The molecule has 0 spiro atoms. The molecule has 1 aliphatic rings. The van der Waals surface area contributed by atoms with Crippen LogP contribution in [0.4, 0.5) is 0 Å². The first-order chi connectivity index (χ1) is 7.40. The Morgan fingerprint density at radius 2 is 2.06 bits per heavy atom. The molecule has 0 saturated carbocycles. The first kappa shape index (κ1) is 14.3. The summed E-state index contributed by atoms with van der Waals surface area (Å²) in [4.78, 5) is 2.46. The molecular formula is C13H27NOS. The van der Waals surface area contributed by atoms with Crippen molar-refractivity contribution in [3.63, 3.8) is 0 Å². The summed E-state index contributed by atoms with van der Waals surface area (Å²) in [6.45, 7) is 11.6. The second-order valence-corrected chi connectivity index (χ2v) is 6.62. The van der Waals surface area contributed by atoms with Gasteiger partial charge >= 0.3 is 0 Å². The van der Waals surface area contributed by atoms with E-state index >= 15 is 0 Å². The Morgan fingerprint density at radius 3 is 2.50 bits per heavy atom. The lowest BCUT2D eigenvalue weighted by molar-refractivity contribution is 0.102. The Kier molecular flexibility index (Phi) is 5.14. The third kappa shape index (κ3) is 3.38. The first-order valence-corrected chi connectivity index (χ1v) is 6.99. The highest BCUT2D eigenvalue weighted by atomic mass is 32.1. The van der Waals surface area contributed by atoms with Gasteiger partial charge < -0.3 is 5.11 Å². The number of aliphatic hydroxyl groups excluding tert-OH is 1. The van der Waals surface area contributed by atoms with Crippen molar-refractivity contribution < 1.29 is 5.11 Å².